The monoisotopic (exact) mass is 258 g/mol. The molecule has 3 nitrogen and oxygen atoms in total. The van der Waals surface area contributed by atoms with Gasteiger partial charge in [-0.3, -0.25) is 4.79 Å². The molecule has 1 aromatic rings. The first-order chi connectivity index (χ1) is 9.09. The summed E-state index contributed by atoms with van der Waals surface area (Å²) in [6.07, 6.45) is 1.88. The van der Waals surface area contributed by atoms with E-state index in [1.165, 1.54) is 5.56 Å². The summed E-state index contributed by atoms with van der Waals surface area (Å²) < 4.78 is 0. The molecule has 1 amide bonds. The normalized spacial score (nSPS) is 26.8. The van der Waals surface area contributed by atoms with Crippen LogP contribution >= 0.6 is 0 Å². The van der Waals surface area contributed by atoms with E-state index in [4.69, 9.17) is 0 Å². The highest BCUT2D eigenvalue weighted by Crippen LogP contribution is 2.40. The zero-order chi connectivity index (χ0) is 13.5. The highest BCUT2D eigenvalue weighted by Gasteiger charge is 2.46. The molecular formula is C16H22N2O. The van der Waals surface area contributed by atoms with Gasteiger partial charge in [0.25, 0.3) is 0 Å². The predicted molar refractivity (Wildman–Crippen MR) is 77.1 cm³/mol. The average molecular weight is 258 g/mol. The van der Waals surface area contributed by atoms with Crippen molar-refractivity contribution in [3.05, 3.63) is 29.8 Å². The fourth-order valence-electron chi connectivity index (χ4n) is 3.46. The number of carbonyl (C=O) groups is 1. The lowest BCUT2D eigenvalue weighted by Gasteiger charge is -2.34. The van der Waals surface area contributed by atoms with Gasteiger partial charge in [-0.25, -0.2) is 0 Å². The molecule has 0 radical (unpaired) electrons. The number of likely N-dealkylation sites (tertiary alicyclic amines) is 1. The molecule has 1 atom stereocenters. The van der Waals surface area contributed by atoms with Gasteiger partial charge in [0.2, 0.25) is 5.91 Å². The SMILES string of the molecule is CC(C)CN1CC[C@@]2(Cc3ccccc3NC2=O)C1. The van der Waals surface area contributed by atoms with Crippen LogP contribution in [0.15, 0.2) is 24.3 Å². The number of para-hydroxylation sites is 1. The Hall–Kier alpha value is -1.35. The van der Waals surface area contributed by atoms with Gasteiger partial charge < -0.3 is 10.2 Å². The molecule has 102 valence electrons. The third-order valence-electron chi connectivity index (χ3n) is 4.33. The van der Waals surface area contributed by atoms with Gasteiger partial charge in [-0.05, 0) is 36.9 Å². The van der Waals surface area contributed by atoms with Crippen molar-refractivity contribution in [3.63, 3.8) is 0 Å². The summed E-state index contributed by atoms with van der Waals surface area (Å²) >= 11 is 0. The van der Waals surface area contributed by atoms with Crippen LogP contribution in [0.2, 0.25) is 0 Å². The van der Waals surface area contributed by atoms with Crippen LogP contribution < -0.4 is 5.32 Å². The Balaban J connectivity index is 1.81. The van der Waals surface area contributed by atoms with Crippen LogP contribution in [-0.4, -0.2) is 30.4 Å². The standard InChI is InChI=1S/C16H22N2O/c1-12(2)10-18-8-7-16(11-18)9-13-5-3-4-6-14(13)17-15(16)19/h3-6,12H,7-11H2,1-2H3,(H,17,19)/t16-/m1/s1. The maximum absolute atomic E-state index is 12.5. The van der Waals surface area contributed by atoms with Crippen LogP contribution in [0.5, 0.6) is 0 Å². The van der Waals surface area contributed by atoms with Gasteiger partial charge in [-0.15, -0.1) is 0 Å². The minimum absolute atomic E-state index is 0.191. The Morgan fingerprint density at radius 1 is 1.37 bits per heavy atom. The summed E-state index contributed by atoms with van der Waals surface area (Å²) in [6.45, 7) is 7.53. The summed E-state index contributed by atoms with van der Waals surface area (Å²) in [7, 11) is 0. The van der Waals surface area contributed by atoms with Gasteiger partial charge >= 0.3 is 0 Å². The second kappa shape index (κ2) is 4.64. The van der Waals surface area contributed by atoms with Crippen molar-refractivity contribution < 1.29 is 4.79 Å². The van der Waals surface area contributed by atoms with Crippen LogP contribution in [0, 0.1) is 11.3 Å². The van der Waals surface area contributed by atoms with Crippen LogP contribution in [0.3, 0.4) is 0 Å². The van der Waals surface area contributed by atoms with Crippen molar-refractivity contribution in [2.45, 2.75) is 26.7 Å². The maximum atomic E-state index is 12.5. The molecule has 0 aromatic heterocycles. The molecule has 2 heterocycles. The Labute approximate surface area is 115 Å². The fourth-order valence-corrected chi connectivity index (χ4v) is 3.46. The van der Waals surface area contributed by atoms with E-state index in [9.17, 15) is 4.79 Å². The summed E-state index contributed by atoms with van der Waals surface area (Å²) in [5, 5.41) is 3.10. The summed E-state index contributed by atoms with van der Waals surface area (Å²) in [5.74, 6) is 0.881. The first-order valence-corrected chi connectivity index (χ1v) is 7.21. The third kappa shape index (κ3) is 2.27. The van der Waals surface area contributed by atoms with E-state index in [0.717, 1.165) is 38.2 Å². The zero-order valence-corrected chi connectivity index (χ0v) is 11.8. The molecule has 3 heteroatoms. The van der Waals surface area contributed by atoms with Crippen LogP contribution in [0.4, 0.5) is 5.69 Å². The predicted octanol–water partition coefficient (Wildman–Crippen LogP) is 2.53. The molecule has 1 spiro atoms. The van der Waals surface area contributed by atoms with Crippen LogP contribution in [-0.2, 0) is 11.2 Å². The average Bonchev–Trinajstić information content (AvgIpc) is 2.74. The number of fused-ring (bicyclic) bond motifs is 1. The number of hydrogen-bond donors (Lipinski definition) is 1. The number of nitrogens with one attached hydrogen (secondary N) is 1. The van der Waals surface area contributed by atoms with Gasteiger partial charge in [0, 0.05) is 18.8 Å². The first kappa shape index (κ1) is 12.7. The van der Waals surface area contributed by atoms with E-state index in [1.54, 1.807) is 0 Å². The molecule has 0 saturated carbocycles. The van der Waals surface area contributed by atoms with Crippen molar-refractivity contribution in [2.24, 2.45) is 11.3 Å². The van der Waals surface area contributed by atoms with Gasteiger partial charge in [-0.2, -0.15) is 0 Å². The molecular weight excluding hydrogens is 236 g/mol. The number of carbonyl (C=O) groups excluding carboxylic acids is 1. The summed E-state index contributed by atoms with van der Waals surface area (Å²) in [6, 6.07) is 8.18. The molecule has 1 aromatic carbocycles. The number of hydrogen-bond acceptors (Lipinski definition) is 2. The van der Waals surface area contributed by atoms with Gasteiger partial charge in [0.15, 0.2) is 0 Å². The molecule has 1 saturated heterocycles. The lowest BCUT2D eigenvalue weighted by molar-refractivity contribution is -0.125. The van der Waals surface area contributed by atoms with Gasteiger partial charge in [-0.1, -0.05) is 32.0 Å². The van der Waals surface area contributed by atoms with E-state index in [2.05, 4.69) is 36.2 Å². The largest absolute Gasteiger partial charge is 0.325 e. The Bertz CT molecular complexity index is 497. The number of benzene rings is 1. The second-order valence-corrected chi connectivity index (χ2v) is 6.45. The lowest BCUT2D eigenvalue weighted by Crippen LogP contribution is -2.44. The highest BCUT2D eigenvalue weighted by molar-refractivity contribution is 5.98. The minimum Gasteiger partial charge on any atom is -0.325 e. The number of rotatable bonds is 2. The Morgan fingerprint density at radius 3 is 2.95 bits per heavy atom. The van der Waals surface area contributed by atoms with E-state index in [-0.39, 0.29) is 11.3 Å². The van der Waals surface area contributed by atoms with Crippen molar-refractivity contribution in [1.29, 1.82) is 0 Å². The van der Waals surface area contributed by atoms with Crippen molar-refractivity contribution in [3.8, 4) is 0 Å². The molecule has 1 fully saturated rings. The van der Waals surface area contributed by atoms with Crippen molar-refractivity contribution >= 4 is 11.6 Å². The van der Waals surface area contributed by atoms with Crippen LogP contribution in [0.25, 0.3) is 0 Å². The van der Waals surface area contributed by atoms with Gasteiger partial charge in [0.05, 0.1) is 5.41 Å². The maximum Gasteiger partial charge on any atom is 0.232 e. The Morgan fingerprint density at radius 2 is 2.16 bits per heavy atom. The van der Waals surface area contributed by atoms with Gasteiger partial charge in [0.1, 0.15) is 0 Å². The topological polar surface area (TPSA) is 32.3 Å². The molecule has 19 heavy (non-hydrogen) atoms. The van der Waals surface area contributed by atoms with E-state index >= 15 is 0 Å². The van der Waals surface area contributed by atoms with Crippen LogP contribution in [0.1, 0.15) is 25.8 Å². The minimum atomic E-state index is -0.191. The zero-order valence-electron chi connectivity index (χ0n) is 11.8. The summed E-state index contributed by atoms with van der Waals surface area (Å²) in [5.41, 5.74) is 2.09. The molecule has 3 rings (SSSR count). The molecule has 0 aliphatic carbocycles. The van der Waals surface area contributed by atoms with E-state index in [1.807, 2.05) is 12.1 Å². The molecule has 2 aliphatic rings. The number of nitrogens with zero attached hydrogens (tertiary/aromatic N) is 1. The molecule has 0 bridgehead atoms. The number of amides is 1. The fraction of sp³-hybridized carbons (Fsp3) is 0.562. The lowest BCUT2D eigenvalue weighted by atomic mass is 9.77. The molecule has 2 aliphatic heterocycles. The molecule has 1 N–H and O–H groups in total. The number of anilines is 1. The summed E-state index contributed by atoms with van der Waals surface area (Å²) in [4.78, 5) is 14.9. The quantitative estimate of drug-likeness (QED) is 0.884. The third-order valence-corrected chi connectivity index (χ3v) is 4.33. The Kier molecular flexibility index (Phi) is 3.09. The smallest absolute Gasteiger partial charge is 0.232 e. The van der Waals surface area contributed by atoms with E-state index in [0.29, 0.717) is 5.92 Å². The van der Waals surface area contributed by atoms with E-state index < -0.39 is 0 Å². The second-order valence-electron chi connectivity index (χ2n) is 6.45. The highest BCUT2D eigenvalue weighted by atomic mass is 16.2. The first-order valence-electron chi connectivity index (χ1n) is 7.21. The molecule has 0 unspecified atom stereocenters. The van der Waals surface area contributed by atoms with Crippen molar-refractivity contribution in [1.82, 2.24) is 4.90 Å². The van der Waals surface area contributed by atoms with Crippen molar-refractivity contribution in [2.75, 3.05) is 25.0 Å².